The van der Waals surface area contributed by atoms with Crippen molar-refractivity contribution in [2.24, 2.45) is 0 Å². The van der Waals surface area contributed by atoms with Gasteiger partial charge in [0.2, 0.25) is 15.8 Å². The summed E-state index contributed by atoms with van der Waals surface area (Å²) in [6, 6.07) is 5.17. The molecular formula is C18H24N2O4S. The highest BCUT2D eigenvalue weighted by Gasteiger charge is 2.30. The Hall–Kier alpha value is -1.73. The SMILES string of the molecule is CCCC(=O)C(=O)N1CCc2ccc(S(=O)(=O)N3CCCC3)cc2C1. The van der Waals surface area contributed by atoms with Gasteiger partial charge in [0, 0.05) is 32.6 Å². The van der Waals surface area contributed by atoms with Crippen molar-refractivity contribution >= 4 is 21.7 Å². The Morgan fingerprint density at radius 1 is 1.08 bits per heavy atom. The predicted molar refractivity (Wildman–Crippen MR) is 93.5 cm³/mol. The van der Waals surface area contributed by atoms with Crippen LogP contribution in [-0.2, 0) is 32.6 Å². The molecule has 6 nitrogen and oxygen atoms in total. The number of benzene rings is 1. The van der Waals surface area contributed by atoms with Gasteiger partial charge in [0.1, 0.15) is 0 Å². The number of hydrogen-bond acceptors (Lipinski definition) is 4. The Kier molecular flexibility index (Phi) is 5.24. The van der Waals surface area contributed by atoms with Crippen LogP contribution in [0.15, 0.2) is 23.1 Å². The monoisotopic (exact) mass is 364 g/mol. The second kappa shape index (κ2) is 7.25. The van der Waals surface area contributed by atoms with Gasteiger partial charge in [-0.3, -0.25) is 9.59 Å². The van der Waals surface area contributed by atoms with E-state index in [2.05, 4.69) is 0 Å². The molecule has 0 radical (unpaired) electrons. The first-order valence-corrected chi connectivity index (χ1v) is 10.3. The van der Waals surface area contributed by atoms with Gasteiger partial charge >= 0.3 is 0 Å². The minimum Gasteiger partial charge on any atom is -0.331 e. The molecule has 136 valence electrons. The van der Waals surface area contributed by atoms with Gasteiger partial charge in [-0.15, -0.1) is 0 Å². The second-order valence-electron chi connectivity index (χ2n) is 6.69. The molecule has 1 aromatic rings. The maximum Gasteiger partial charge on any atom is 0.290 e. The molecule has 0 spiro atoms. The number of carbonyl (C=O) groups is 2. The van der Waals surface area contributed by atoms with Crippen LogP contribution in [0.5, 0.6) is 0 Å². The first kappa shape index (κ1) is 18.1. The minimum atomic E-state index is -3.47. The van der Waals surface area contributed by atoms with E-state index in [1.807, 2.05) is 13.0 Å². The van der Waals surface area contributed by atoms with Crippen molar-refractivity contribution in [1.82, 2.24) is 9.21 Å². The van der Waals surface area contributed by atoms with Crippen LogP contribution in [0, 0.1) is 0 Å². The molecule has 1 fully saturated rings. The molecule has 2 aliphatic heterocycles. The molecule has 0 N–H and O–H groups in total. The molecule has 0 unspecified atom stereocenters. The highest BCUT2D eigenvalue weighted by atomic mass is 32.2. The van der Waals surface area contributed by atoms with Crippen LogP contribution in [0.1, 0.15) is 43.7 Å². The Bertz CT molecular complexity index is 782. The van der Waals surface area contributed by atoms with E-state index < -0.39 is 15.9 Å². The van der Waals surface area contributed by atoms with E-state index in [0.717, 1.165) is 24.0 Å². The molecule has 0 saturated carbocycles. The quantitative estimate of drug-likeness (QED) is 0.746. The Labute approximate surface area is 148 Å². The van der Waals surface area contributed by atoms with Gasteiger partial charge in [0.05, 0.1) is 4.90 Å². The molecule has 0 aliphatic carbocycles. The van der Waals surface area contributed by atoms with Crippen molar-refractivity contribution in [3.05, 3.63) is 29.3 Å². The molecular weight excluding hydrogens is 340 g/mol. The summed E-state index contributed by atoms with van der Waals surface area (Å²) < 4.78 is 27.0. The first-order valence-electron chi connectivity index (χ1n) is 8.87. The third-order valence-electron chi connectivity index (χ3n) is 4.90. The van der Waals surface area contributed by atoms with Crippen molar-refractivity contribution < 1.29 is 18.0 Å². The average molecular weight is 364 g/mol. The summed E-state index contributed by atoms with van der Waals surface area (Å²) in [4.78, 5) is 25.9. The third kappa shape index (κ3) is 3.62. The maximum atomic E-state index is 12.7. The fourth-order valence-corrected chi connectivity index (χ4v) is 5.02. The van der Waals surface area contributed by atoms with Crippen molar-refractivity contribution in [2.75, 3.05) is 19.6 Å². The predicted octanol–water partition coefficient (Wildman–Crippen LogP) is 1.72. The normalized spacial score (nSPS) is 18.2. The van der Waals surface area contributed by atoms with E-state index in [9.17, 15) is 18.0 Å². The van der Waals surface area contributed by atoms with E-state index in [4.69, 9.17) is 0 Å². The zero-order chi connectivity index (χ0) is 18.0. The lowest BCUT2D eigenvalue weighted by Gasteiger charge is -2.29. The number of sulfonamides is 1. The number of ketones is 1. The van der Waals surface area contributed by atoms with Crippen molar-refractivity contribution in [3.63, 3.8) is 0 Å². The smallest absolute Gasteiger partial charge is 0.290 e. The molecule has 25 heavy (non-hydrogen) atoms. The molecule has 1 saturated heterocycles. The molecule has 0 aromatic heterocycles. The van der Waals surface area contributed by atoms with Gasteiger partial charge in [-0.25, -0.2) is 8.42 Å². The summed E-state index contributed by atoms with van der Waals surface area (Å²) in [7, 11) is -3.47. The van der Waals surface area contributed by atoms with E-state index in [-0.39, 0.29) is 17.1 Å². The van der Waals surface area contributed by atoms with Gasteiger partial charge in [-0.1, -0.05) is 13.0 Å². The Morgan fingerprint density at radius 2 is 1.80 bits per heavy atom. The summed E-state index contributed by atoms with van der Waals surface area (Å²) in [5.41, 5.74) is 1.87. The molecule has 1 amide bonds. The number of hydrogen-bond donors (Lipinski definition) is 0. The van der Waals surface area contributed by atoms with Crippen LogP contribution < -0.4 is 0 Å². The Balaban J connectivity index is 1.82. The van der Waals surface area contributed by atoms with Crippen molar-refractivity contribution in [3.8, 4) is 0 Å². The minimum absolute atomic E-state index is 0.256. The van der Waals surface area contributed by atoms with Gasteiger partial charge in [-0.2, -0.15) is 4.31 Å². The zero-order valence-corrected chi connectivity index (χ0v) is 15.3. The third-order valence-corrected chi connectivity index (χ3v) is 6.79. The number of fused-ring (bicyclic) bond motifs is 1. The fraction of sp³-hybridized carbons (Fsp3) is 0.556. The lowest BCUT2D eigenvalue weighted by Crippen LogP contribution is -2.40. The van der Waals surface area contributed by atoms with E-state index in [0.29, 0.717) is 39.0 Å². The van der Waals surface area contributed by atoms with Crippen LogP contribution in [0.2, 0.25) is 0 Å². The van der Waals surface area contributed by atoms with E-state index >= 15 is 0 Å². The van der Waals surface area contributed by atoms with E-state index in [1.54, 1.807) is 12.1 Å². The molecule has 2 aliphatic rings. The number of nitrogens with zero attached hydrogens (tertiary/aromatic N) is 2. The largest absolute Gasteiger partial charge is 0.331 e. The van der Waals surface area contributed by atoms with Crippen LogP contribution in [-0.4, -0.2) is 48.9 Å². The summed E-state index contributed by atoms with van der Waals surface area (Å²) >= 11 is 0. The highest BCUT2D eigenvalue weighted by molar-refractivity contribution is 7.89. The summed E-state index contributed by atoms with van der Waals surface area (Å²) in [5, 5.41) is 0. The second-order valence-corrected chi connectivity index (χ2v) is 8.63. The summed E-state index contributed by atoms with van der Waals surface area (Å²) in [6.45, 7) is 3.80. The topological polar surface area (TPSA) is 74.8 Å². The summed E-state index contributed by atoms with van der Waals surface area (Å²) in [6.07, 6.45) is 3.33. The number of Topliss-reactive ketones (excluding diaryl/α,β-unsaturated/α-hetero) is 1. The number of amides is 1. The van der Waals surface area contributed by atoms with Gasteiger partial charge in [0.25, 0.3) is 5.91 Å². The molecule has 1 aromatic carbocycles. The molecule has 2 heterocycles. The zero-order valence-electron chi connectivity index (χ0n) is 14.5. The van der Waals surface area contributed by atoms with Crippen molar-refractivity contribution in [2.45, 2.75) is 50.5 Å². The highest BCUT2D eigenvalue weighted by Crippen LogP contribution is 2.26. The Morgan fingerprint density at radius 3 is 2.48 bits per heavy atom. The van der Waals surface area contributed by atoms with Crippen LogP contribution >= 0.6 is 0 Å². The average Bonchev–Trinajstić information content (AvgIpc) is 3.15. The lowest BCUT2D eigenvalue weighted by atomic mass is 9.99. The molecule has 7 heteroatoms. The molecule has 0 bridgehead atoms. The van der Waals surface area contributed by atoms with E-state index in [1.165, 1.54) is 9.21 Å². The van der Waals surface area contributed by atoms with Gasteiger partial charge in [-0.05, 0) is 48.9 Å². The van der Waals surface area contributed by atoms with Crippen LogP contribution in [0.4, 0.5) is 0 Å². The maximum absolute atomic E-state index is 12.7. The molecule has 3 rings (SSSR count). The van der Waals surface area contributed by atoms with Crippen LogP contribution in [0.3, 0.4) is 0 Å². The van der Waals surface area contributed by atoms with Crippen molar-refractivity contribution in [1.29, 1.82) is 0 Å². The number of rotatable bonds is 5. The van der Waals surface area contributed by atoms with Crippen LogP contribution in [0.25, 0.3) is 0 Å². The van der Waals surface area contributed by atoms with Gasteiger partial charge in [0.15, 0.2) is 0 Å². The summed E-state index contributed by atoms with van der Waals surface area (Å²) in [5.74, 6) is -0.827. The standard InChI is InChI=1S/C18H24N2O4S/c1-2-5-17(21)18(22)19-11-8-14-6-7-16(12-15(14)13-19)25(23,24)20-9-3-4-10-20/h6-7,12H,2-5,8-11,13H2,1H3. The van der Waals surface area contributed by atoms with Gasteiger partial charge < -0.3 is 4.90 Å². The molecule has 0 atom stereocenters. The lowest BCUT2D eigenvalue weighted by molar-refractivity contribution is -0.145. The fourth-order valence-electron chi connectivity index (χ4n) is 3.46. The number of carbonyl (C=O) groups excluding carboxylic acids is 2. The first-order chi connectivity index (χ1) is 11.9.